The Kier molecular flexibility index (Phi) is 6.88. The van der Waals surface area contributed by atoms with Crippen molar-refractivity contribution in [3.8, 4) is 5.69 Å². The van der Waals surface area contributed by atoms with E-state index in [0.29, 0.717) is 16.9 Å². The van der Waals surface area contributed by atoms with Gasteiger partial charge in [-0.15, -0.1) is 0 Å². The van der Waals surface area contributed by atoms with Crippen LogP contribution in [0.3, 0.4) is 0 Å². The molecule has 182 valence electrons. The summed E-state index contributed by atoms with van der Waals surface area (Å²) in [6, 6.07) is 19.6. The summed E-state index contributed by atoms with van der Waals surface area (Å²) in [5.74, 6) is -1.04. The second kappa shape index (κ2) is 10.2. The standard InChI is InChI=1S/C26H23N5O5/c1-16-8-10-18(11-9-16)24(32)23(27-28-25(33)19-12-14-21(15-13-19)31(35)36)22-17(2)29-30(26(22)34)20-6-4-3-5-7-20/h3-15,23,27,29H,1-2H3,(H,28,33). The smallest absolute Gasteiger partial charge is 0.276 e. The lowest BCUT2D eigenvalue weighted by Gasteiger charge is -2.18. The van der Waals surface area contributed by atoms with Crippen molar-refractivity contribution in [3.63, 3.8) is 0 Å². The number of ketones is 1. The van der Waals surface area contributed by atoms with E-state index in [1.807, 2.05) is 13.0 Å². The maximum atomic E-state index is 13.5. The summed E-state index contributed by atoms with van der Waals surface area (Å²) in [4.78, 5) is 49.9. The van der Waals surface area contributed by atoms with E-state index in [4.69, 9.17) is 0 Å². The second-order valence-corrected chi connectivity index (χ2v) is 8.19. The summed E-state index contributed by atoms with van der Waals surface area (Å²) in [5.41, 5.74) is 7.23. The van der Waals surface area contributed by atoms with Crippen molar-refractivity contribution < 1.29 is 14.5 Å². The van der Waals surface area contributed by atoms with Gasteiger partial charge >= 0.3 is 0 Å². The molecule has 0 aliphatic heterocycles. The zero-order valence-corrected chi connectivity index (χ0v) is 19.5. The van der Waals surface area contributed by atoms with E-state index < -0.39 is 28.2 Å². The predicted octanol–water partition coefficient (Wildman–Crippen LogP) is 3.55. The molecule has 0 aliphatic carbocycles. The maximum Gasteiger partial charge on any atom is 0.276 e. The van der Waals surface area contributed by atoms with E-state index in [0.717, 1.165) is 5.56 Å². The molecule has 3 N–H and O–H groups in total. The third-order valence-corrected chi connectivity index (χ3v) is 5.69. The number of benzene rings is 3. The number of nitrogens with zero attached hydrogens (tertiary/aromatic N) is 2. The average Bonchev–Trinajstić information content (AvgIpc) is 3.18. The molecule has 0 radical (unpaired) electrons. The Bertz CT molecular complexity index is 1470. The molecule has 1 amide bonds. The lowest BCUT2D eigenvalue weighted by molar-refractivity contribution is -0.384. The molecule has 1 heterocycles. The van der Waals surface area contributed by atoms with E-state index in [1.165, 1.54) is 28.9 Å². The van der Waals surface area contributed by atoms with E-state index in [2.05, 4.69) is 16.0 Å². The lowest BCUT2D eigenvalue weighted by atomic mass is 9.97. The molecule has 0 fully saturated rings. The zero-order chi connectivity index (χ0) is 25.8. The lowest BCUT2D eigenvalue weighted by Crippen LogP contribution is -2.44. The van der Waals surface area contributed by atoms with Crippen molar-refractivity contribution in [2.75, 3.05) is 0 Å². The van der Waals surface area contributed by atoms with E-state index in [1.54, 1.807) is 55.5 Å². The largest absolute Gasteiger partial charge is 0.295 e. The molecule has 1 aromatic heterocycles. The molecule has 10 nitrogen and oxygen atoms in total. The number of Topliss-reactive ketones (excluding diaryl/α,β-unsaturated/α-hetero) is 1. The fourth-order valence-corrected chi connectivity index (χ4v) is 3.76. The third-order valence-electron chi connectivity index (χ3n) is 5.69. The first kappa shape index (κ1) is 24.3. The van der Waals surface area contributed by atoms with Crippen LogP contribution in [0.4, 0.5) is 5.69 Å². The molecule has 0 saturated heterocycles. The normalized spacial score (nSPS) is 11.6. The summed E-state index contributed by atoms with van der Waals surface area (Å²) in [6.45, 7) is 3.56. The van der Waals surface area contributed by atoms with Crippen molar-refractivity contribution in [3.05, 3.63) is 127 Å². The number of hydrazine groups is 1. The molecule has 4 aromatic rings. The minimum atomic E-state index is -1.21. The van der Waals surface area contributed by atoms with Crippen LogP contribution in [-0.4, -0.2) is 26.4 Å². The molecule has 1 unspecified atom stereocenters. The number of carbonyl (C=O) groups is 2. The number of aromatic nitrogens is 2. The second-order valence-electron chi connectivity index (χ2n) is 8.19. The van der Waals surface area contributed by atoms with Crippen LogP contribution in [0.25, 0.3) is 5.69 Å². The number of non-ortho nitro benzene ring substituents is 1. The van der Waals surface area contributed by atoms with Crippen LogP contribution in [0.1, 0.15) is 43.6 Å². The van der Waals surface area contributed by atoms with Gasteiger partial charge in [-0.2, -0.15) is 0 Å². The Morgan fingerprint density at radius 2 is 1.53 bits per heavy atom. The van der Waals surface area contributed by atoms with Gasteiger partial charge in [-0.1, -0.05) is 48.0 Å². The summed E-state index contributed by atoms with van der Waals surface area (Å²) < 4.78 is 1.33. The number of H-pyrrole nitrogens is 1. The molecule has 4 rings (SSSR count). The highest BCUT2D eigenvalue weighted by Crippen LogP contribution is 2.20. The highest BCUT2D eigenvalue weighted by atomic mass is 16.6. The number of amides is 1. The van der Waals surface area contributed by atoms with Crippen LogP contribution in [0.2, 0.25) is 0 Å². The summed E-state index contributed by atoms with van der Waals surface area (Å²) >= 11 is 0. The minimum absolute atomic E-state index is 0.141. The first-order chi connectivity index (χ1) is 17.3. The highest BCUT2D eigenvalue weighted by molar-refractivity contribution is 6.01. The number of aryl methyl sites for hydroxylation is 2. The van der Waals surface area contributed by atoms with Crippen molar-refractivity contribution >= 4 is 17.4 Å². The molecule has 0 saturated carbocycles. The van der Waals surface area contributed by atoms with Gasteiger partial charge in [0.15, 0.2) is 5.78 Å². The molecule has 0 spiro atoms. The number of hydrogen-bond acceptors (Lipinski definition) is 6. The number of para-hydroxylation sites is 1. The van der Waals surface area contributed by atoms with Crippen LogP contribution in [0.15, 0.2) is 83.7 Å². The number of nitrogens with one attached hydrogen (secondary N) is 3. The van der Waals surface area contributed by atoms with Crippen molar-refractivity contribution in [2.45, 2.75) is 19.9 Å². The SMILES string of the molecule is Cc1ccc(C(=O)C(NNC(=O)c2ccc([N+](=O)[O-])cc2)c2c(C)[nH]n(-c3ccccc3)c2=O)cc1. The van der Waals surface area contributed by atoms with Crippen LogP contribution in [-0.2, 0) is 0 Å². The van der Waals surface area contributed by atoms with E-state index in [9.17, 15) is 24.5 Å². The fraction of sp³-hybridized carbons (Fsp3) is 0.115. The van der Waals surface area contributed by atoms with Gasteiger partial charge in [0.2, 0.25) is 0 Å². The van der Waals surface area contributed by atoms with Crippen LogP contribution < -0.4 is 16.4 Å². The maximum absolute atomic E-state index is 13.5. The number of rotatable bonds is 8. The van der Waals surface area contributed by atoms with Gasteiger partial charge in [0.05, 0.1) is 16.2 Å². The average molecular weight is 486 g/mol. The molecule has 0 bridgehead atoms. The molecule has 3 aromatic carbocycles. The topological polar surface area (TPSA) is 139 Å². The minimum Gasteiger partial charge on any atom is -0.295 e. The summed E-state index contributed by atoms with van der Waals surface area (Å²) in [7, 11) is 0. The fourth-order valence-electron chi connectivity index (χ4n) is 3.76. The molecule has 1 atom stereocenters. The number of nitro groups is 1. The molecule has 36 heavy (non-hydrogen) atoms. The van der Waals surface area contributed by atoms with E-state index in [-0.39, 0.29) is 16.8 Å². The van der Waals surface area contributed by atoms with Gasteiger partial charge in [0, 0.05) is 29.0 Å². The van der Waals surface area contributed by atoms with Gasteiger partial charge in [0.25, 0.3) is 17.2 Å². The van der Waals surface area contributed by atoms with Gasteiger partial charge in [-0.25, -0.2) is 10.1 Å². The Labute approximate surface area is 205 Å². The van der Waals surface area contributed by atoms with Crippen molar-refractivity contribution in [1.82, 2.24) is 20.6 Å². The molecule has 10 heteroatoms. The summed E-state index contributed by atoms with van der Waals surface area (Å²) in [6.07, 6.45) is 0. The quantitative estimate of drug-likeness (QED) is 0.198. The Balaban J connectivity index is 1.68. The van der Waals surface area contributed by atoms with Gasteiger partial charge in [-0.3, -0.25) is 35.0 Å². The van der Waals surface area contributed by atoms with Gasteiger partial charge in [-0.05, 0) is 38.1 Å². The number of nitro benzene ring substituents is 1. The zero-order valence-electron chi connectivity index (χ0n) is 19.5. The number of hydrogen-bond donors (Lipinski definition) is 3. The van der Waals surface area contributed by atoms with E-state index >= 15 is 0 Å². The molecule has 0 aliphatic rings. The van der Waals surface area contributed by atoms with Crippen LogP contribution in [0, 0.1) is 24.0 Å². The Morgan fingerprint density at radius 3 is 2.14 bits per heavy atom. The first-order valence-electron chi connectivity index (χ1n) is 11.0. The summed E-state index contributed by atoms with van der Waals surface area (Å²) in [5, 5.41) is 13.9. The number of aromatic amines is 1. The number of carbonyl (C=O) groups excluding carboxylic acids is 2. The Morgan fingerprint density at radius 1 is 0.917 bits per heavy atom. The van der Waals surface area contributed by atoms with Crippen LogP contribution in [0.5, 0.6) is 0 Å². The Hall–Kier alpha value is -4.83. The van der Waals surface area contributed by atoms with Crippen LogP contribution >= 0.6 is 0 Å². The molecular formula is C26H23N5O5. The highest BCUT2D eigenvalue weighted by Gasteiger charge is 2.29. The van der Waals surface area contributed by atoms with Gasteiger partial charge in [0.1, 0.15) is 6.04 Å². The molecular weight excluding hydrogens is 462 g/mol. The monoisotopic (exact) mass is 485 g/mol. The van der Waals surface area contributed by atoms with Crippen molar-refractivity contribution in [2.24, 2.45) is 0 Å². The first-order valence-corrected chi connectivity index (χ1v) is 11.0. The van der Waals surface area contributed by atoms with Crippen molar-refractivity contribution in [1.29, 1.82) is 0 Å². The third kappa shape index (κ3) is 4.98. The van der Waals surface area contributed by atoms with Gasteiger partial charge < -0.3 is 0 Å². The predicted molar refractivity (Wildman–Crippen MR) is 133 cm³/mol.